The van der Waals surface area contributed by atoms with Crippen LogP contribution in [0.3, 0.4) is 0 Å². The molecule has 3 aromatic carbocycles. The number of hydrogen-bond acceptors (Lipinski definition) is 5. The fraction of sp³-hybridized carbons (Fsp3) is 0.176. The molecule has 2 aliphatic rings. The lowest BCUT2D eigenvalue weighted by atomic mass is 9.77. The van der Waals surface area contributed by atoms with E-state index in [2.05, 4.69) is 49.9 Å². The molecular formula is C34H27BrF2N6O. The summed E-state index contributed by atoms with van der Waals surface area (Å²) in [7, 11) is 1.74. The summed E-state index contributed by atoms with van der Waals surface area (Å²) in [6, 6.07) is 15.6. The zero-order chi connectivity index (χ0) is 30.4. The van der Waals surface area contributed by atoms with E-state index in [1.807, 2.05) is 30.3 Å². The average molecular weight is 654 g/mol. The molecule has 220 valence electrons. The molecule has 0 aliphatic carbocycles. The zero-order valence-corrected chi connectivity index (χ0v) is 25.6. The number of nitrogens with one attached hydrogen (secondary N) is 1. The number of benzene rings is 3. The van der Waals surface area contributed by atoms with Crippen molar-refractivity contribution in [2.45, 2.75) is 31.6 Å². The molecule has 0 saturated heterocycles. The number of allylic oxidation sites excluding steroid dienone is 1. The monoisotopic (exact) mass is 652 g/mol. The molecule has 0 fully saturated rings. The van der Waals surface area contributed by atoms with Crippen molar-refractivity contribution < 1.29 is 13.5 Å². The van der Waals surface area contributed by atoms with Crippen LogP contribution in [0.25, 0.3) is 28.4 Å². The van der Waals surface area contributed by atoms with E-state index < -0.39 is 17.0 Å². The maximum atomic E-state index is 15.6. The van der Waals surface area contributed by atoms with E-state index in [9.17, 15) is 0 Å². The molecule has 0 amide bonds. The van der Waals surface area contributed by atoms with Gasteiger partial charge in [-0.2, -0.15) is 5.10 Å². The van der Waals surface area contributed by atoms with E-state index in [-0.39, 0.29) is 23.5 Å². The highest BCUT2D eigenvalue weighted by molar-refractivity contribution is 9.10. The van der Waals surface area contributed by atoms with Crippen LogP contribution in [0.15, 0.2) is 83.7 Å². The summed E-state index contributed by atoms with van der Waals surface area (Å²) in [4.78, 5) is 17.2. The van der Waals surface area contributed by atoms with Crippen LogP contribution in [-0.4, -0.2) is 29.7 Å². The first-order valence-electron chi connectivity index (χ1n) is 14.2. The summed E-state index contributed by atoms with van der Waals surface area (Å²) in [5.74, 6) is 0.156. The first kappa shape index (κ1) is 28.1. The van der Waals surface area contributed by atoms with Gasteiger partial charge in [0.1, 0.15) is 11.6 Å². The van der Waals surface area contributed by atoms with Crippen molar-refractivity contribution in [2.24, 2.45) is 7.05 Å². The third kappa shape index (κ3) is 5.09. The predicted molar refractivity (Wildman–Crippen MR) is 168 cm³/mol. The van der Waals surface area contributed by atoms with Crippen molar-refractivity contribution in [2.75, 3.05) is 0 Å². The van der Waals surface area contributed by atoms with Crippen LogP contribution in [0, 0.1) is 11.6 Å². The van der Waals surface area contributed by atoms with Gasteiger partial charge >= 0.3 is 0 Å². The Morgan fingerprint density at radius 3 is 2.73 bits per heavy atom. The fourth-order valence-electron chi connectivity index (χ4n) is 5.74. The Morgan fingerprint density at radius 2 is 1.91 bits per heavy atom. The minimum Gasteiger partial charge on any atom is -0.454 e. The van der Waals surface area contributed by atoms with E-state index in [0.717, 1.165) is 15.4 Å². The number of H-pyrrole nitrogens is 1. The van der Waals surface area contributed by atoms with Crippen LogP contribution in [0.1, 0.15) is 48.1 Å². The van der Waals surface area contributed by atoms with Crippen molar-refractivity contribution in [3.8, 4) is 22.9 Å². The Hall–Kier alpha value is -4.70. The minimum atomic E-state index is -0.600. The molecule has 0 radical (unpaired) electrons. The van der Waals surface area contributed by atoms with Crippen molar-refractivity contribution in [3.63, 3.8) is 0 Å². The summed E-state index contributed by atoms with van der Waals surface area (Å²) in [5, 5.41) is 5.59. The Labute approximate surface area is 260 Å². The number of ether oxygens (including phenoxy) is 1. The van der Waals surface area contributed by atoms with Crippen LogP contribution in [0.5, 0.6) is 11.5 Å². The number of fused-ring (bicyclic) bond motifs is 6. The van der Waals surface area contributed by atoms with Crippen molar-refractivity contribution >= 4 is 32.9 Å². The second-order valence-electron chi connectivity index (χ2n) is 11.1. The Bertz CT molecular complexity index is 2050. The lowest BCUT2D eigenvalue weighted by Gasteiger charge is -2.27. The number of rotatable bonds is 1. The molecule has 10 heteroatoms. The lowest BCUT2D eigenvalue weighted by Crippen LogP contribution is -2.25. The van der Waals surface area contributed by atoms with Crippen LogP contribution < -0.4 is 4.74 Å². The van der Waals surface area contributed by atoms with Gasteiger partial charge in [-0.25, -0.2) is 18.4 Å². The summed E-state index contributed by atoms with van der Waals surface area (Å²) < 4.78 is 39.8. The van der Waals surface area contributed by atoms with Gasteiger partial charge < -0.3 is 9.72 Å². The first-order valence-corrected chi connectivity index (χ1v) is 15.0. The van der Waals surface area contributed by atoms with Gasteiger partial charge in [0, 0.05) is 52.9 Å². The summed E-state index contributed by atoms with van der Waals surface area (Å²) in [5.41, 5.74) is 3.23. The van der Waals surface area contributed by atoms with Crippen molar-refractivity contribution in [1.29, 1.82) is 0 Å². The highest BCUT2D eigenvalue weighted by atomic mass is 79.9. The Balaban J connectivity index is 1.41. The van der Waals surface area contributed by atoms with E-state index in [1.54, 1.807) is 30.3 Å². The van der Waals surface area contributed by atoms with Crippen molar-refractivity contribution in [1.82, 2.24) is 29.7 Å². The molecule has 1 unspecified atom stereocenters. The summed E-state index contributed by atoms with van der Waals surface area (Å²) in [6.07, 6.45) is 10.8. The molecule has 5 heterocycles. The molecular weight excluding hydrogens is 626 g/mol. The molecule has 8 rings (SSSR count). The SMILES string of the molecule is Cn1nc2nc1-c1cc(ccc1F)Oc1c(F)cc3[nH]ccc3c1Cc1cnc(cn1)/C=C\CCC2(C)c1cccc(Br)c1. The molecule has 0 spiro atoms. The van der Waals surface area contributed by atoms with Gasteiger partial charge in [0.25, 0.3) is 0 Å². The number of halogens is 3. The van der Waals surface area contributed by atoms with Gasteiger partial charge in [-0.3, -0.25) is 9.97 Å². The summed E-state index contributed by atoms with van der Waals surface area (Å²) >= 11 is 3.60. The number of hydrogen-bond donors (Lipinski definition) is 1. The predicted octanol–water partition coefficient (Wildman–Crippen LogP) is 8.29. The maximum absolute atomic E-state index is 15.6. The largest absolute Gasteiger partial charge is 0.454 e. The van der Waals surface area contributed by atoms with Crippen molar-refractivity contribution in [3.05, 3.63) is 124 Å². The molecule has 2 aliphatic heterocycles. The van der Waals surface area contributed by atoms with E-state index in [0.29, 0.717) is 47.0 Å². The van der Waals surface area contributed by atoms with E-state index >= 15 is 8.78 Å². The van der Waals surface area contributed by atoms with Gasteiger partial charge in [0.2, 0.25) is 0 Å². The zero-order valence-electron chi connectivity index (χ0n) is 24.0. The van der Waals surface area contributed by atoms with Gasteiger partial charge in [0.05, 0.1) is 28.6 Å². The van der Waals surface area contributed by atoms with E-state index in [4.69, 9.17) is 14.8 Å². The maximum Gasteiger partial charge on any atom is 0.168 e. The molecule has 1 atom stereocenters. The first-order chi connectivity index (χ1) is 21.3. The molecule has 6 aromatic rings. The molecule has 0 saturated carbocycles. The minimum absolute atomic E-state index is 0.0410. The standard InChI is InChI=1S/C34H27BrF2N6O/c1-34(20-6-5-7-21(35)14-20)12-4-3-8-22-18-40-23(19-39-22)15-26-25-11-13-38-30(25)17-29(37)31(26)44-24-9-10-28(36)27(16-24)32-41-33(34)42-43(32)2/h3,5-11,13-14,16-19,38H,4,12,15H2,1-2H3/b8-3-. The van der Waals surface area contributed by atoms with Gasteiger partial charge in [0.15, 0.2) is 23.2 Å². The molecule has 6 bridgehead atoms. The topological polar surface area (TPSA) is 81.5 Å². The highest BCUT2D eigenvalue weighted by Gasteiger charge is 2.34. The highest BCUT2D eigenvalue weighted by Crippen LogP contribution is 2.39. The van der Waals surface area contributed by atoms with E-state index in [1.165, 1.54) is 24.3 Å². The van der Waals surface area contributed by atoms with Crippen LogP contribution in [0.2, 0.25) is 0 Å². The quantitative estimate of drug-likeness (QED) is 0.193. The Kier molecular flexibility index (Phi) is 7.08. The van der Waals surface area contributed by atoms with Gasteiger partial charge in [-0.15, -0.1) is 0 Å². The Morgan fingerprint density at radius 1 is 1.02 bits per heavy atom. The van der Waals surface area contributed by atoms with Crippen LogP contribution >= 0.6 is 15.9 Å². The van der Waals surface area contributed by atoms with Gasteiger partial charge in [-0.1, -0.05) is 34.1 Å². The number of aromatic amines is 1. The lowest BCUT2D eigenvalue weighted by molar-refractivity contribution is 0.437. The number of aromatic nitrogens is 6. The van der Waals surface area contributed by atoms with Crippen LogP contribution in [0.4, 0.5) is 8.78 Å². The third-order valence-corrected chi connectivity index (χ3v) is 8.66. The molecule has 3 aromatic heterocycles. The average Bonchev–Trinajstić information content (AvgIpc) is 3.65. The normalized spacial score (nSPS) is 17.4. The molecule has 1 N–H and O–H groups in total. The number of nitrogens with zero attached hydrogens (tertiary/aromatic N) is 5. The molecule has 44 heavy (non-hydrogen) atoms. The smallest absolute Gasteiger partial charge is 0.168 e. The summed E-state index contributed by atoms with van der Waals surface area (Å²) in [6.45, 7) is 2.09. The third-order valence-electron chi connectivity index (χ3n) is 8.17. The van der Waals surface area contributed by atoms with Crippen LogP contribution in [-0.2, 0) is 18.9 Å². The second kappa shape index (κ2) is 11.1. The second-order valence-corrected chi connectivity index (χ2v) is 12.0. The number of aryl methyl sites for hydroxylation is 1. The fourth-order valence-corrected chi connectivity index (χ4v) is 6.13. The van der Waals surface area contributed by atoms with Gasteiger partial charge in [-0.05, 0) is 67.8 Å². The molecule has 7 nitrogen and oxygen atoms in total.